The van der Waals surface area contributed by atoms with Crippen LogP contribution in [0.25, 0.3) is 53.9 Å². The fourth-order valence-corrected chi connectivity index (χ4v) is 7.32. The molecule has 0 heterocycles. The molecule has 6 rings (SSSR count). The smallest absolute Gasteiger partial charge is 0.147 e. The zero-order chi connectivity index (χ0) is 25.1. The fraction of sp³-hybridized carbons (Fsp3) is 0.200. The average Bonchev–Trinajstić information content (AvgIpc) is 3.18. The molecule has 5 nitrogen and oxygen atoms in total. The first kappa shape index (κ1) is 23.3. The van der Waals surface area contributed by atoms with Gasteiger partial charge in [-0.25, -0.2) is 0 Å². The minimum absolute atomic E-state index is 0.298. The lowest BCUT2D eigenvalue weighted by atomic mass is 9.97. The number of benzene rings is 5. The summed E-state index contributed by atoms with van der Waals surface area (Å²) in [6.07, 6.45) is 0. The first-order valence-electron chi connectivity index (χ1n) is 10.3. The first-order valence-corrected chi connectivity index (χ1v) is 12.1. The van der Waals surface area contributed by atoms with Crippen molar-refractivity contribution in [1.29, 1.82) is 0 Å². The van der Waals surface area contributed by atoms with E-state index in [9.17, 15) is 0 Å². The maximum absolute atomic E-state index is 6.97. The normalized spacial score (nSPS) is 12.3. The second-order valence-corrected chi connectivity index (χ2v) is 9.88. The molecule has 0 bridgehead atoms. The van der Waals surface area contributed by atoms with Crippen molar-refractivity contribution < 1.29 is 23.7 Å². The second-order valence-electron chi connectivity index (χ2n) is 7.99. The third kappa shape index (κ3) is 2.44. The van der Waals surface area contributed by atoms with Crippen molar-refractivity contribution in [3.8, 4) is 28.7 Å². The second kappa shape index (κ2) is 7.67. The van der Waals surface area contributed by atoms with Crippen molar-refractivity contribution in [2.45, 2.75) is 0 Å². The fourth-order valence-electron chi connectivity index (χ4n) is 5.56. The van der Waals surface area contributed by atoms with Gasteiger partial charge < -0.3 is 23.7 Å². The predicted octanol–water partition coefficient (Wildman–Crippen LogP) is 9.08. The molecule has 0 saturated carbocycles. The topological polar surface area (TPSA) is 46.2 Å². The largest absolute Gasteiger partial charge is 0.494 e. The Labute approximate surface area is 224 Å². The van der Waals surface area contributed by atoms with Crippen LogP contribution in [0.5, 0.6) is 28.7 Å². The number of ether oxygens (including phenoxy) is 5. The van der Waals surface area contributed by atoms with Crippen LogP contribution in [0.1, 0.15) is 0 Å². The summed E-state index contributed by atoms with van der Waals surface area (Å²) < 4.78 is 28.9. The molecule has 35 heavy (non-hydrogen) atoms. The highest BCUT2D eigenvalue weighted by atomic mass is 35.5. The van der Waals surface area contributed by atoms with Crippen LogP contribution >= 0.6 is 58.0 Å². The van der Waals surface area contributed by atoms with Crippen LogP contribution in [0, 0.1) is 0 Å². The molecule has 0 aliphatic rings. The van der Waals surface area contributed by atoms with Gasteiger partial charge in [0.25, 0.3) is 0 Å². The molecular formula is C25H15Cl5O5. The Morgan fingerprint density at radius 2 is 0.429 bits per heavy atom. The van der Waals surface area contributed by atoms with E-state index in [0.29, 0.717) is 80.8 Å². The predicted molar refractivity (Wildman–Crippen MR) is 145 cm³/mol. The van der Waals surface area contributed by atoms with Gasteiger partial charge >= 0.3 is 0 Å². The van der Waals surface area contributed by atoms with Crippen molar-refractivity contribution in [2.24, 2.45) is 0 Å². The lowest BCUT2D eigenvalue weighted by Gasteiger charge is -2.19. The van der Waals surface area contributed by atoms with E-state index in [1.165, 1.54) is 35.5 Å². The van der Waals surface area contributed by atoms with Gasteiger partial charge in [-0.2, -0.15) is 0 Å². The highest BCUT2D eigenvalue weighted by molar-refractivity contribution is 6.60. The SMILES string of the molecule is COc1c(Cl)c2c(OC)c(Cl)c3c(OC)c(Cl)c4c(OC)c(Cl)c5c(OC)c(Cl)c1c1c5c4c3c21. The lowest BCUT2D eigenvalue weighted by molar-refractivity contribution is 0.413. The van der Waals surface area contributed by atoms with Gasteiger partial charge in [0.05, 0.1) is 60.7 Å². The Morgan fingerprint density at radius 1 is 0.286 bits per heavy atom. The van der Waals surface area contributed by atoms with Crippen LogP contribution in [-0.2, 0) is 0 Å². The summed E-state index contributed by atoms with van der Waals surface area (Å²) in [7, 11) is 7.61. The molecule has 6 aromatic carbocycles. The maximum Gasteiger partial charge on any atom is 0.147 e. The minimum atomic E-state index is 0.298. The zero-order valence-electron chi connectivity index (χ0n) is 18.9. The Kier molecular flexibility index (Phi) is 5.10. The number of methoxy groups -OCH3 is 5. The summed E-state index contributed by atoms with van der Waals surface area (Å²) in [6, 6.07) is 0. The van der Waals surface area contributed by atoms with Gasteiger partial charge in [0.2, 0.25) is 0 Å². The van der Waals surface area contributed by atoms with E-state index >= 15 is 0 Å². The van der Waals surface area contributed by atoms with E-state index in [-0.39, 0.29) is 0 Å². The van der Waals surface area contributed by atoms with Crippen LogP contribution < -0.4 is 23.7 Å². The summed E-state index contributed by atoms with van der Waals surface area (Å²) in [5, 5.41) is 8.26. The molecule has 0 unspecified atom stereocenters. The average molecular weight is 573 g/mol. The van der Waals surface area contributed by atoms with Gasteiger partial charge in [-0.05, 0) is 0 Å². The third-order valence-corrected chi connectivity index (χ3v) is 8.55. The third-order valence-electron chi connectivity index (χ3n) is 6.75. The van der Waals surface area contributed by atoms with Crippen LogP contribution in [0.3, 0.4) is 0 Å². The molecule has 0 amide bonds. The van der Waals surface area contributed by atoms with Gasteiger partial charge in [-0.15, -0.1) is 0 Å². The van der Waals surface area contributed by atoms with E-state index in [0.717, 1.165) is 26.9 Å². The molecule has 0 saturated heterocycles. The summed E-state index contributed by atoms with van der Waals surface area (Å²) in [6.45, 7) is 0. The number of hydrogen-bond donors (Lipinski definition) is 0. The molecule has 0 aromatic heterocycles. The van der Waals surface area contributed by atoms with Crippen molar-refractivity contribution in [2.75, 3.05) is 35.5 Å². The first-order chi connectivity index (χ1) is 16.8. The van der Waals surface area contributed by atoms with E-state index in [1.807, 2.05) is 0 Å². The van der Waals surface area contributed by atoms with E-state index < -0.39 is 0 Å². The Morgan fingerprint density at radius 3 is 0.543 bits per heavy atom. The maximum atomic E-state index is 6.97. The van der Waals surface area contributed by atoms with Gasteiger partial charge in [-0.1, -0.05) is 58.0 Å². The Balaban J connectivity index is 2.21. The lowest BCUT2D eigenvalue weighted by Crippen LogP contribution is -1.95. The molecule has 0 fully saturated rings. The molecule has 0 atom stereocenters. The molecular weight excluding hydrogens is 558 g/mol. The highest BCUT2D eigenvalue weighted by Gasteiger charge is 2.37. The summed E-state index contributed by atoms with van der Waals surface area (Å²) in [5.41, 5.74) is 0. The molecule has 0 spiro atoms. The molecule has 0 aliphatic carbocycles. The monoisotopic (exact) mass is 570 g/mol. The zero-order valence-corrected chi connectivity index (χ0v) is 22.7. The van der Waals surface area contributed by atoms with Crippen LogP contribution in [0.4, 0.5) is 0 Å². The quantitative estimate of drug-likeness (QED) is 0.193. The van der Waals surface area contributed by atoms with E-state index in [2.05, 4.69) is 0 Å². The molecule has 0 radical (unpaired) electrons. The van der Waals surface area contributed by atoms with Crippen molar-refractivity contribution in [3.63, 3.8) is 0 Å². The minimum Gasteiger partial charge on any atom is -0.494 e. The van der Waals surface area contributed by atoms with Crippen LogP contribution in [0.2, 0.25) is 25.1 Å². The van der Waals surface area contributed by atoms with Gasteiger partial charge in [0, 0.05) is 53.9 Å². The highest BCUT2D eigenvalue weighted by Crippen LogP contribution is 2.65. The number of halogens is 5. The van der Waals surface area contributed by atoms with Gasteiger partial charge in [-0.3, -0.25) is 0 Å². The molecule has 0 aliphatic heterocycles. The van der Waals surface area contributed by atoms with Crippen LogP contribution in [0.15, 0.2) is 0 Å². The summed E-state index contributed by atoms with van der Waals surface area (Å²) in [4.78, 5) is 0. The Bertz CT molecular complexity index is 1500. The Hall–Kier alpha value is -2.15. The van der Waals surface area contributed by atoms with Gasteiger partial charge in [0.1, 0.15) is 28.7 Å². The number of rotatable bonds is 5. The standard InChI is InChI=1S/C25H15Cl5O5/c1-31-21-11-6-7-9-10-8(6)13(23(33-3)17(11)27)19(29)25(35-5)15(10)20(30)24(34-4)14(9)18(28)22(32-2)12(7)16(21)26/h1-5H3. The van der Waals surface area contributed by atoms with Gasteiger partial charge in [0.15, 0.2) is 0 Å². The van der Waals surface area contributed by atoms with Crippen molar-refractivity contribution in [1.82, 2.24) is 0 Å². The molecule has 0 N–H and O–H groups in total. The number of hydrogen-bond acceptors (Lipinski definition) is 5. The van der Waals surface area contributed by atoms with Crippen molar-refractivity contribution >= 4 is 112 Å². The molecule has 180 valence electrons. The summed E-state index contributed by atoms with van der Waals surface area (Å²) in [5.74, 6) is 1.80. The molecule has 6 aromatic rings. The summed E-state index contributed by atoms with van der Waals surface area (Å²) >= 11 is 34.8. The van der Waals surface area contributed by atoms with E-state index in [4.69, 9.17) is 81.7 Å². The van der Waals surface area contributed by atoms with Crippen LogP contribution in [-0.4, -0.2) is 35.5 Å². The van der Waals surface area contributed by atoms with Crippen molar-refractivity contribution in [3.05, 3.63) is 25.1 Å². The van der Waals surface area contributed by atoms with E-state index in [1.54, 1.807) is 0 Å². The molecule has 10 heteroatoms.